The zero-order chi connectivity index (χ0) is 12.0. The zero-order valence-corrected chi connectivity index (χ0v) is 9.19. The van der Waals surface area contributed by atoms with E-state index in [0.29, 0.717) is 5.56 Å². The van der Waals surface area contributed by atoms with Gasteiger partial charge in [-0.1, -0.05) is 0 Å². The maximum atomic E-state index is 11.1. The fourth-order valence-electron chi connectivity index (χ4n) is 1.99. The number of nitrogens with one attached hydrogen (secondary N) is 1. The van der Waals surface area contributed by atoms with Gasteiger partial charge in [0.2, 0.25) is 5.91 Å². The molecule has 0 saturated heterocycles. The lowest BCUT2D eigenvalue weighted by Gasteiger charge is -2.03. The number of aryl methyl sites for hydroxylation is 1. The zero-order valence-electron chi connectivity index (χ0n) is 9.19. The van der Waals surface area contributed by atoms with Crippen molar-refractivity contribution in [1.82, 2.24) is 15.0 Å². The van der Waals surface area contributed by atoms with Gasteiger partial charge in [-0.05, 0) is 25.1 Å². The largest absolute Gasteiger partial charge is 0.366 e. The Morgan fingerprint density at radius 1 is 1.41 bits per heavy atom. The normalized spacial score (nSPS) is 11.1. The molecule has 0 radical (unpaired) electrons. The number of rotatable bonds is 1. The predicted molar refractivity (Wildman–Crippen MR) is 64.6 cm³/mol. The van der Waals surface area contributed by atoms with Gasteiger partial charge in [-0.2, -0.15) is 0 Å². The number of pyridine rings is 1. The molecule has 0 saturated carbocycles. The molecule has 5 heteroatoms. The number of fused-ring (bicyclic) bond motifs is 3. The molecule has 3 N–H and O–H groups in total. The van der Waals surface area contributed by atoms with Crippen molar-refractivity contribution in [2.45, 2.75) is 6.92 Å². The van der Waals surface area contributed by atoms with Crippen LogP contribution in [0.15, 0.2) is 24.5 Å². The van der Waals surface area contributed by atoms with Gasteiger partial charge < -0.3 is 10.7 Å². The smallest absolute Gasteiger partial charge is 0.248 e. The van der Waals surface area contributed by atoms with Crippen LogP contribution in [-0.4, -0.2) is 20.9 Å². The summed E-state index contributed by atoms with van der Waals surface area (Å²) in [6, 6.07) is 5.21. The van der Waals surface area contributed by atoms with Gasteiger partial charge in [0.15, 0.2) is 0 Å². The summed E-state index contributed by atoms with van der Waals surface area (Å²) in [7, 11) is 0. The summed E-state index contributed by atoms with van der Waals surface area (Å²) >= 11 is 0. The Bertz CT molecular complexity index is 745. The molecule has 2 heterocycles. The number of aromatic nitrogens is 3. The monoisotopic (exact) mass is 226 g/mol. The predicted octanol–water partition coefficient (Wildman–Crippen LogP) is 1.52. The van der Waals surface area contributed by atoms with Gasteiger partial charge >= 0.3 is 0 Å². The highest BCUT2D eigenvalue weighted by Crippen LogP contribution is 2.23. The maximum absolute atomic E-state index is 11.1. The van der Waals surface area contributed by atoms with E-state index in [-0.39, 0.29) is 0 Å². The van der Waals surface area contributed by atoms with Crippen LogP contribution in [0.25, 0.3) is 21.9 Å². The van der Waals surface area contributed by atoms with Gasteiger partial charge in [0.05, 0.1) is 28.6 Å². The van der Waals surface area contributed by atoms with Gasteiger partial charge in [-0.15, -0.1) is 0 Å². The Balaban J connectivity index is 2.45. The van der Waals surface area contributed by atoms with Gasteiger partial charge in [0.1, 0.15) is 0 Å². The van der Waals surface area contributed by atoms with Crippen LogP contribution in [0, 0.1) is 6.92 Å². The first kappa shape index (κ1) is 9.77. The Labute approximate surface area is 96.7 Å². The number of H-pyrrole nitrogens is 1. The van der Waals surface area contributed by atoms with Crippen LogP contribution < -0.4 is 5.73 Å². The average molecular weight is 226 g/mol. The third-order valence-electron chi connectivity index (χ3n) is 2.83. The van der Waals surface area contributed by atoms with Crippen molar-refractivity contribution in [2.24, 2.45) is 5.73 Å². The SMILES string of the molecule is Cc1nc2cc(C(N)=O)ccc2c2nc[nH]c12. The van der Waals surface area contributed by atoms with Gasteiger partial charge in [-0.25, -0.2) is 4.98 Å². The number of nitrogens with two attached hydrogens (primary N) is 1. The van der Waals surface area contributed by atoms with Crippen LogP contribution in [0.2, 0.25) is 0 Å². The van der Waals surface area contributed by atoms with Crippen LogP contribution in [0.1, 0.15) is 16.1 Å². The number of benzene rings is 1. The van der Waals surface area contributed by atoms with Crippen molar-refractivity contribution < 1.29 is 4.79 Å². The van der Waals surface area contributed by atoms with Crippen LogP contribution in [-0.2, 0) is 0 Å². The van der Waals surface area contributed by atoms with E-state index in [9.17, 15) is 4.79 Å². The number of nitrogens with zero attached hydrogens (tertiary/aromatic N) is 2. The van der Waals surface area contributed by atoms with E-state index < -0.39 is 5.91 Å². The lowest BCUT2D eigenvalue weighted by molar-refractivity contribution is 0.100. The summed E-state index contributed by atoms with van der Waals surface area (Å²) < 4.78 is 0. The second kappa shape index (κ2) is 3.28. The Kier molecular flexibility index (Phi) is 1.89. The maximum Gasteiger partial charge on any atom is 0.248 e. The summed E-state index contributed by atoms with van der Waals surface area (Å²) in [4.78, 5) is 22.9. The molecule has 1 aromatic carbocycles. The number of amides is 1. The van der Waals surface area contributed by atoms with Gasteiger partial charge in [0, 0.05) is 10.9 Å². The third kappa shape index (κ3) is 1.36. The van der Waals surface area contributed by atoms with Crippen LogP contribution in [0.4, 0.5) is 0 Å². The highest BCUT2D eigenvalue weighted by molar-refractivity contribution is 6.05. The lowest BCUT2D eigenvalue weighted by Crippen LogP contribution is -2.10. The molecule has 0 unspecified atom stereocenters. The molecule has 17 heavy (non-hydrogen) atoms. The minimum absolute atomic E-state index is 0.450. The molecule has 3 aromatic rings. The fourth-order valence-corrected chi connectivity index (χ4v) is 1.99. The molecule has 1 amide bonds. The van der Waals surface area contributed by atoms with Crippen molar-refractivity contribution in [1.29, 1.82) is 0 Å². The highest BCUT2D eigenvalue weighted by atomic mass is 16.1. The van der Waals surface area contributed by atoms with Crippen molar-refractivity contribution in [3.8, 4) is 0 Å². The van der Waals surface area contributed by atoms with E-state index in [1.807, 2.05) is 13.0 Å². The van der Waals surface area contributed by atoms with Crippen LogP contribution >= 0.6 is 0 Å². The molecule has 0 aliphatic heterocycles. The number of primary amides is 1. The molecule has 0 aliphatic rings. The second-order valence-electron chi connectivity index (χ2n) is 3.92. The number of hydrogen-bond donors (Lipinski definition) is 2. The Morgan fingerprint density at radius 3 is 3.00 bits per heavy atom. The first-order chi connectivity index (χ1) is 8.16. The highest BCUT2D eigenvalue weighted by Gasteiger charge is 2.09. The third-order valence-corrected chi connectivity index (χ3v) is 2.83. The number of carbonyl (C=O) groups excluding carboxylic acids is 1. The summed E-state index contributed by atoms with van der Waals surface area (Å²) in [5.41, 5.74) is 9.08. The lowest BCUT2D eigenvalue weighted by atomic mass is 10.1. The summed E-state index contributed by atoms with van der Waals surface area (Å²) in [6.45, 7) is 1.90. The van der Waals surface area contributed by atoms with E-state index in [2.05, 4.69) is 15.0 Å². The molecule has 0 bridgehead atoms. The van der Waals surface area contributed by atoms with Crippen molar-refractivity contribution in [2.75, 3.05) is 0 Å². The van der Waals surface area contributed by atoms with Crippen molar-refractivity contribution in [3.63, 3.8) is 0 Å². The fraction of sp³-hybridized carbons (Fsp3) is 0.0833. The molecule has 0 spiro atoms. The Morgan fingerprint density at radius 2 is 2.24 bits per heavy atom. The second-order valence-corrected chi connectivity index (χ2v) is 3.92. The topological polar surface area (TPSA) is 84.7 Å². The number of hydrogen-bond acceptors (Lipinski definition) is 3. The van der Waals surface area contributed by atoms with E-state index in [4.69, 9.17) is 5.73 Å². The van der Waals surface area contributed by atoms with Crippen molar-refractivity contribution >= 4 is 27.8 Å². The van der Waals surface area contributed by atoms with E-state index in [1.165, 1.54) is 0 Å². The molecule has 0 fully saturated rings. The van der Waals surface area contributed by atoms with Crippen LogP contribution in [0.3, 0.4) is 0 Å². The first-order valence-electron chi connectivity index (χ1n) is 5.20. The molecule has 2 aromatic heterocycles. The summed E-state index contributed by atoms with van der Waals surface area (Å²) in [6.07, 6.45) is 1.64. The van der Waals surface area contributed by atoms with Gasteiger partial charge in [0.25, 0.3) is 0 Å². The first-order valence-corrected chi connectivity index (χ1v) is 5.20. The summed E-state index contributed by atoms with van der Waals surface area (Å²) in [5, 5.41) is 0.914. The molecule has 0 aliphatic carbocycles. The quantitative estimate of drug-likeness (QED) is 0.659. The van der Waals surface area contributed by atoms with E-state index in [0.717, 1.165) is 27.6 Å². The summed E-state index contributed by atoms with van der Waals surface area (Å²) in [5.74, 6) is -0.450. The average Bonchev–Trinajstić information content (AvgIpc) is 2.78. The number of aromatic amines is 1. The molecular weight excluding hydrogens is 216 g/mol. The molecule has 84 valence electrons. The van der Waals surface area contributed by atoms with Gasteiger partial charge in [-0.3, -0.25) is 9.78 Å². The molecule has 5 nitrogen and oxygen atoms in total. The minimum atomic E-state index is -0.450. The standard InChI is InChI=1S/C12H10N4O/c1-6-10-11(15-5-14-10)8-3-2-7(12(13)17)4-9(8)16-6/h2-5H,1H3,(H2,13,17)(H,14,15). The molecule has 3 rings (SSSR count). The van der Waals surface area contributed by atoms with E-state index in [1.54, 1.807) is 18.5 Å². The number of carbonyl (C=O) groups is 1. The molecular formula is C12H10N4O. The van der Waals surface area contributed by atoms with E-state index >= 15 is 0 Å². The number of imidazole rings is 1. The minimum Gasteiger partial charge on any atom is -0.366 e. The van der Waals surface area contributed by atoms with Crippen LogP contribution in [0.5, 0.6) is 0 Å². The molecule has 0 atom stereocenters. The Hall–Kier alpha value is -2.43. The van der Waals surface area contributed by atoms with Crippen molar-refractivity contribution in [3.05, 3.63) is 35.8 Å².